The number of benzene rings is 2. The van der Waals surface area contributed by atoms with Gasteiger partial charge in [0.05, 0.1) is 6.61 Å². The molecule has 2 aromatic rings. The van der Waals surface area contributed by atoms with Crippen molar-refractivity contribution in [1.82, 2.24) is 0 Å². The first-order valence-electron chi connectivity index (χ1n) is 5.88. The molecule has 0 amide bonds. The summed E-state index contributed by atoms with van der Waals surface area (Å²) in [6, 6.07) is 13.7. The Labute approximate surface area is 112 Å². The molecule has 0 fully saturated rings. The third-order valence-electron chi connectivity index (χ3n) is 2.89. The third kappa shape index (κ3) is 3.03. The maximum atomic E-state index is 9.24. The van der Waals surface area contributed by atoms with Crippen LogP contribution in [0.4, 0.5) is 5.69 Å². The van der Waals surface area contributed by atoms with E-state index < -0.39 is 0 Å². The molecule has 0 spiro atoms. The van der Waals surface area contributed by atoms with Gasteiger partial charge in [0, 0.05) is 22.8 Å². The van der Waals surface area contributed by atoms with Crippen LogP contribution >= 0.6 is 11.6 Å². The van der Waals surface area contributed by atoms with Gasteiger partial charge >= 0.3 is 0 Å². The summed E-state index contributed by atoms with van der Waals surface area (Å²) in [7, 11) is 0. The SMILES string of the molecule is Cc1cc(CNc2ccccc2CO)ccc1Cl. The van der Waals surface area contributed by atoms with Crippen molar-refractivity contribution in [1.29, 1.82) is 0 Å². The van der Waals surface area contributed by atoms with Crippen LogP contribution in [0.2, 0.25) is 5.02 Å². The van der Waals surface area contributed by atoms with Gasteiger partial charge in [0.15, 0.2) is 0 Å². The van der Waals surface area contributed by atoms with Gasteiger partial charge in [0.25, 0.3) is 0 Å². The molecule has 2 aromatic carbocycles. The van der Waals surface area contributed by atoms with Crippen molar-refractivity contribution in [3.05, 3.63) is 64.2 Å². The van der Waals surface area contributed by atoms with Crippen LogP contribution in [0.5, 0.6) is 0 Å². The fraction of sp³-hybridized carbons (Fsp3) is 0.200. The molecule has 0 aliphatic carbocycles. The molecule has 2 N–H and O–H groups in total. The van der Waals surface area contributed by atoms with Crippen molar-refractivity contribution in [3.63, 3.8) is 0 Å². The molecule has 0 unspecified atom stereocenters. The Morgan fingerprint density at radius 1 is 1.17 bits per heavy atom. The maximum Gasteiger partial charge on any atom is 0.0701 e. The Morgan fingerprint density at radius 2 is 1.94 bits per heavy atom. The summed E-state index contributed by atoms with van der Waals surface area (Å²) in [4.78, 5) is 0. The number of hydrogen-bond donors (Lipinski definition) is 2. The second kappa shape index (κ2) is 5.89. The first-order chi connectivity index (χ1) is 8.70. The number of para-hydroxylation sites is 1. The third-order valence-corrected chi connectivity index (χ3v) is 3.32. The first-order valence-corrected chi connectivity index (χ1v) is 6.26. The lowest BCUT2D eigenvalue weighted by Crippen LogP contribution is -2.02. The number of aryl methyl sites for hydroxylation is 1. The summed E-state index contributed by atoms with van der Waals surface area (Å²) in [5, 5.41) is 13.3. The molecule has 0 aromatic heterocycles. The number of nitrogens with one attached hydrogen (secondary N) is 1. The van der Waals surface area contributed by atoms with Crippen LogP contribution in [-0.2, 0) is 13.2 Å². The highest BCUT2D eigenvalue weighted by molar-refractivity contribution is 6.31. The zero-order valence-corrected chi connectivity index (χ0v) is 11.0. The maximum absolute atomic E-state index is 9.24. The number of aliphatic hydroxyl groups excluding tert-OH is 1. The summed E-state index contributed by atoms with van der Waals surface area (Å²) in [5.41, 5.74) is 4.12. The smallest absolute Gasteiger partial charge is 0.0701 e. The van der Waals surface area contributed by atoms with Crippen LogP contribution in [0.3, 0.4) is 0 Å². The van der Waals surface area contributed by atoms with Crippen molar-refractivity contribution in [2.24, 2.45) is 0 Å². The minimum atomic E-state index is 0.0445. The highest BCUT2D eigenvalue weighted by Crippen LogP contribution is 2.19. The zero-order chi connectivity index (χ0) is 13.0. The summed E-state index contributed by atoms with van der Waals surface area (Å²) in [6.07, 6.45) is 0. The summed E-state index contributed by atoms with van der Waals surface area (Å²) < 4.78 is 0. The highest BCUT2D eigenvalue weighted by Gasteiger charge is 2.01. The number of anilines is 1. The minimum absolute atomic E-state index is 0.0445. The summed E-state index contributed by atoms with van der Waals surface area (Å²) in [5.74, 6) is 0. The number of hydrogen-bond acceptors (Lipinski definition) is 2. The van der Waals surface area contributed by atoms with E-state index in [9.17, 15) is 5.11 Å². The molecular weight excluding hydrogens is 246 g/mol. The van der Waals surface area contributed by atoms with E-state index in [0.717, 1.165) is 28.4 Å². The fourth-order valence-corrected chi connectivity index (χ4v) is 1.96. The molecule has 0 aliphatic rings. The largest absolute Gasteiger partial charge is 0.392 e. The molecule has 94 valence electrons. The van der Waals surface area contributed by atoms with Gasteiger partial charge in [0.2, 0.25) is 0 Å². The van der Waals surface area contributed by atoms with Crippen LogP contribution in [-0.4, -0.2) is 5.11 Å². The average Bonchev–Trinajstić information content (AvgIpc) is 2.40. The molecule has 3 heteroatoms. The Kier molecular flexibility index (Phi) is 4.24. The fourth-order valence-electron chi connectivity index (χ4n) is 1.84. The van der Waals surface area contributed by atoms with Crippen LogP contribution < -0.4 is 5.32 Å². The summed E-state index contributed by atoms with van der Waals surface area (Å²) in [6.45, 7) is 2.76. The monoisotopic (exact) mass is 261 g/mol. The van der Waals surface area contributed by atoms with E-state index in [4.69, 9.17) is 11.6 Å². The number of aliphatic hydroxyl groups is 1. The van der Waals surface area contributed by atoms with E-state index in [1.165, 1.54) is 5.56 Å². The summed E-state index contributed by atoms with van der Waals surface area (Å²) >= 11 is 5.99. The van der Waals surface area contributed by atoms with E-state index in [-0.39, 0.29) is 6.61 Å². The van der Waals surface area contributed by atoms with Gasteiger partial charge in [-0.15, -0.1) is 0 Å². The first kappa shape index (κ1) is 12.9. The van der Waals surface area contributed by atoms with Crippen molar-refractivity contribution in [2.45, 2.75) is 20.1 Å². The predicted molar refractivity (Wildman–Crippen MR) is 75.9 cm³/mol. The zero-order valence-electron chi connectivity index (χ0n) is 10.3. The lowest BCUT2D eigenvalue weighted by atomic mass is 10.1. The van der Waals surface area contributed by atoms with Crippen LogP contribution in [0.25, 0.3) is 0 Å². The van der Waals surface area contributed by atoms with Crippen LogP contribution in [0.1, 0.15) is 16.7 Å². The van der Waals surface area contributed by atoms with Crippen LogP contribution in [0.15, 0.2) is 42.5 Å². The normalized spacial score (nSPS) is 10.4. The van der Waals surface area contributed by atoms with E-state index in [2.05, 4.69) is 11.4 Å². The molecule has 2 nitrogen and oxygen atoms in total. The topological polar surface area (TPSA) is 32.3 Å². The molecular formula is C15H16ClNO. The number of halogens is 1. The number of rotatable bonds is 4. The predicted octanol–water partition coefficient (Wildman–Crippen LogP) is 3.75. The Bertz CT molecular complexity index is 540. The highest BCUT2D eigenvalue weighted by atomic mass is 35.5. The molecule has 0 bridgehead atoms. The Morgan fingerprint density at radius 3 is 2.67 bits per heavy atom. The van der Waals surface area contributed by atoms with E-state index in [0.29, 0.717) is 0 Å². The molecule has 0 heterocycles. The molecule has 0 saturated carbocycles. The van der Waals surface area contributed by atoms with Gasteiger partial charge in [-0.1, -0.05) is 41.9 Å². The molecule has 18 heavy (non-hydrogen) atoms. The lowest BCUT2D eigenvalue weighted by molar-refractivity contribution is 0.282. The molecule has 0 atom stereocenters. The van der Waals surface area contributed by atoms with Crippen molar-refractivity contribution in [3.8, 4) is 0 Å². The van der Waals surface area contributed by atoms with Gasteiger partial charge in [-0.3, -0.25) is 0 Å². The quantitative estimate of drug-likeness (QED) is 0.879. The molecule has 0 saturated heterocycles. The van der Waals surface area contributed by atoms with Crippen LogP contribution in [0, 0.1) is 6.92 Å². The lowest BCUT2D eigenvalue weighted by Gasteiger charge is -2.11. The minimum Gasteiger partial charge on any atom is -0.392 e. The molecule has 0 aliphatic heterocycles. The van der Waals surface area contributed by atoms with E-state index in [1.54, 1.807) is 0 Å². The average molecular weight is 262 g/mol. The molecule has 2 rings (SSSR count). The second-order valence-corrected chi connectivity index (χ2v) is 4.66. The second-order valence-electron chi connectivity index (χ2n) is 4.25. The van der Waals surface area contributed by atoms with Crippen molar-refractivity contribution < 1.29 is 5.11 Å². The van der Waals surface area contributed by atoms with Gasteiger partial charge in [-0.2, -0.15) is 0 Å². The van der Waals surface area contributed by atoms with Gasteiger partial charge < -0.3 is 10.4 Å². The van der Waals surface area contributed by atoms with Gasteiger partial charge in [-0.05, 0) is 30.2 Å². The Hall–Kier alpha value is -1.51. The van der Waals surface area contributed by atoms with E-state index in [1.807, 2.05) is 43.3 Å². The van der Waals surface area contributed by atoms with Crippen molar-refractivity contribution >= 4 is 17.3 Å². The van der Waals surface area contributed by atoms with Crippen molar-refractivity contribution in [2.75, 3.05) is 5.32 Å². The standard InChI is InChI=1S/C15H16ClNO/c1-11-8-12(6-7-14(11)16)9-17-15-5-3-2-4-13(15)10-18/h2-8,17-18H,9-10H2,1H3. The molecule has 0 radical (unpaired) electrons. The Balaban J connectivity index is 2.09. The van der Waals surface area contributed by atoms with E-state index >= 15 is 0 Å². The van der Waals surface area contributed by atoms with Gasteiger partial charge in [-0.25, -0.2) is 0 Å². The van der Waals surface area contributed by atoms with Gasteiger partial charge in [0.1, 0.15) is 0 Å².